The molecule has 0 fully saturated rings. The lowest BCUT2D eigenvalue weighted by Crippen LogP contribution is -2.35. The number of hydrogen-bond acceptors (Lipinski definition) is 6. The lowest BCUT2D eigenvalue weighted by molar-refractivity contribution is -0.114. The number of benzene rings is 1. The molecule has 2 aromatic rings. The number of carbonyl (C=O) groups is 1. The Bertz CT molecular complexity index is 1370. The van der Waals surface area contributed by atoms with Crippen LogP contribution in [0.5, 0.6) is 0 Å². The number of rotatable bonds is 2. The van der Waals surface area contributed by atoms with Crippen LogP contribution in [0.4, 0.5) is 0 Å². The summed E-state index contributed by atoms with van der Waals surface area (Å²) in [5.41, 5.74) is 3.22. The van der Waals surface area contributed by atoms with Gasteiger partial charge in [-0.15, -0.1) is 5.10 Å². The first-order valence-corrected chi connectivity index (χ1v) is 12.3. The number of aliphatic imine (C=N–C) groups is 1. The highest BCUT2D eigenvalue weighted by molar-refractivity contribution is 8.42. The van der Waals surface area contributed by atoms with Crippen LogP contribution in [0.3, 0.4) is 0 Å². The molecule has 0 radical (unpaired) electrons. The summed E-state index contributed by atoms with van der Waals surface area (Å²) in [5.74, 6) is -0.867. The lowest BCUT2D eigenvalue weighted by atomic mass is 10.1. The molecule has 8 nitrogen and oxygen atoms in total. The van der Waals surface area contributed by atoms with Crippen LogP contribution in [0.1, 0.15) is 17.0 Å². The standard InChI is InChI=1S/C19H15Cl2N5O3S2/c1-9-6-11(10(2)25(9)12-4-5-14(20)15(21)8-12)7-13-16(22)26-18(23-17(13)27)30-19(24-26)31(3,28)29/h4-8,22H,1-3H3/b13-7+,22-16?. The normalized spacial score (nSPS) is 17.8. The average Bonchev–Trinajstić information content (AvgIpc) is 3.22. The van der Waals surface area contributed by atoms with Gasteiger partial charge in [0.05, 0.1) is 15.6 Å². The van der Waals surface area contributed by atoms with E-state index in [9.17, 15) is 13.2 Å². The zero-order valence-corrected chi connectivity index (χ0v) is 19.6. The molecule has 2 aliphatic rings. The van der Waals surface area contributed by atoms with E-state index in [1.807, 2.05) is 30.5 Å². The molecule has 31 heavy (non-hydrogen) atoms. The van der Waals surface area contributed by atoms with Gasteiger partial charge in [-0.1, -0.05) is 23.2 Å². The number of carbonyl (C=O) groups excluding carboxylic acids is 1. The zero-order chi connectivity index (χ0) is 22.7. The minimum absolute atomic E-state index is 0.0113. The molecule has 160 valence electrons. The number of thioether (sulfide) groups is 1. The highest BCUT2D eigenvalue weighted by Crippen LogP contribution is 2.32. The number of sulfone groups is 1. The maximum atomic E-state index is 12.6. The van der Waals surface area contributed by atoms with Gasteiger partial charge in [0.1, 0.15) is 0 Å². The molecular formula is C19H15Cl2N5O3S2. The number of hydrogen-bond donors (Lipinski definition) is 1. The Morgan fingerprint density at radius 2 is 1.87 bits per heavy atom. The number of hydrazone groups is 1. The monoisotopic (exact) mass is 495 g/mol. The summed E-state index contributed by atoms with van der Waals surface area (Å²) in [6, 6.07) is 7.15. The Hall–Kier alpha value is -2.40. The third kappa shape index (κ3) is 3.84. The Kier molecular flexibility index (Phi) is 5.37. The van der Waals surface area contributed by atoms with E-state index in [0.717, 1.165) is 40.1 Å². The number of nitrogens with zero attached hydrogens (tertiary/aromatic N) is 4. The van der Waals surface area contributed by atoms with Crippen molar-refractivity contribution in [1.82, 2.24) is 9.58 Å². The number of halogens is 2. The lowest BCUT2D eigenvalue weighted by Gasteiger charge is -2.20. The quantitative estimate of drug-likeness (QED) is 0.632. The molecular weight excluding hydrogens is 481 g/mol. The van der Waals surface area contributed by atoms with E-state index >= 15 is 0 Å². The van der Waals surface area contributed by atoms with Crippen molar-refractivity contribution in [2.75, 3.05) is 6.26 Å². The highest BCUT2D eigenvalue weighted by Gasteiger charge is 2.38. The van der Waals surface area contributed by atoms with Gasteiger partial charge in [0.25, 0.3) is 5.91 Å². The van der Waals surface area contributed by atoms with Gasteiger partial charge in [-0.05, 0) is 61.5 Å². The van der Waals surface area contributed by atoms with Gasteiger partial charge in [0, 0.05) is 23.3 Å². The summed E-state index contributed by atoms with van der Waals surface area (Å²) < 4.78 is 25.3. The van der Waals surface area contributed by atoms with Crippen LogP contribution >= 0.6 is 35.0 Å². The van der Waals surface area contributed by atoms with Crippen molar-refractivity contribution in [3.05, 3.63) is 56.8 Å². The molecule has 4 rings (SSSR count). The van der Waals surface area contributed by atoms with Crippen molar-refractivity contribution in [3.8, 4) is 5.69 Å². The number of aromatic nitrogens is 1. The van der Waals surface area contributed by atoms with Gasteiger partial charge < -0.3 is 4.57 Å². The largest absolute Gasteiger partial charge is 0.318 e. The van der Waals surface area contributed by atoms with Gasteiger partial charge >= 0.3 is 0 Å². The summed E-state index contributed by atoms with van der Waals surface area (Å²) in [7, 11) is -3.58. The molecule has 2 aliphatic heterocycles. The molecule has 0 saturated carbocycles. The van der Waals surface area contributed by atoms with E-state index in [1.54, 1.807) is 18.2 Å². The van der Waals surface area contributed by atoms with Crippen LogP contribution in [0.15, 0.2) is 39.9 Å². The second kappa shape index (κ2) is 7.63. The third-order valence-electron chi connectivity index (χ3n) is 4.68. The van der Waals surface area contributed by atoms with Crippen LogP contribution in [-0.4, -0.2) is 45.5 Å². The molecule has 1 aromatic carbocycles. The molecule has 0 bridgehead atoms. The Morgan fingerprint density at radius 1 is 1.16 bits per heavy atom. The second-order valence-electron chi connectivity index (χ2n) is 6.92. The minimum atomic E-state index is -3.58. The first-order valence-electron chi connectivity index (χ1n) is 8.82. The summed E-state index contributed by atoms with van der Waals surface area (Å²) in [6.45, 7) is 3.78. The van der Waals surface area contributed by atoms with E-state index < -0.39 is 15.7 Å². The Morgan fingerprint density at radius 3 is 2.52 bits per heavy atom. The summed E-state index contributed by atoms with van der Waals surface area (Å²) >= 11 is 12.9. The molecule has 0 atom stereocenters. The van der Waals surface area contributed by atoms with Crippen LogP contribution in [0.25, 0.3) is 11.8 Å². The molecule has 1 amide bonds. The molecule has 3 heterocycles. The smallest absolute Gasteiger partial charge is 0.283 e. The summed E-state index contributed by atoms with van der Waals surface area (Å²) in [5, 5.41) is 14.3. The second-order valence-corrected chi connectivity index (χ2v) is 10.9. The molecule has 12 heteroatoms. The van der Waals surface area contributed by atoms with Crippen LogP contribution in [-0.2, 0) is 14.6 Å². The number of nitrogens with one attached hydrogen (secondary N) is 1. The fourth-order valence-corrected chi connectivity index (χ4v) is 5.21. The van der Waals surface area contributed by atoms with Crippen LogP contribution < -0.4 is 0 Å². The van der Waals surface area contributed by atoms with E-state index in [4.69, 9.17) is 28.6 Å². The fourth-order valence-electron chi connectivity index (χ4n) is 3.24. The van der Waals surface area contributed by atoms with Crippen molar-refractivity contribution >= 4 is 72.2 Å². The topological polar surface area (TPSA) is 108 Å². The molecule has 0 aliphatic carbocycles. The number of amidine groups is 2. The number of fused-ring (bicyclic) bond motifs is 1. The molecule has 0 unspecified atom stereocenters. The van der Waals surface area contributed by atoms with E-state index in [2.05, 4.69) is 10.1 Å². The third-order valence-corrected chi connectivity index (χ3v) is 8.00. The Balaban J connectivity index is 1.76. The maximum absolute atomic E-state index is 12.6. The maximum Gasteiger partial charge on any atom is 0.283 e. The van der Waals surface area contributed by atoms with E-state index in [0.29, 0.717) is 15.6 Å². The van der Waals surface area contributed by atoms with Crippen molar-refractivity contribution in [2.45, 2.75) is 13.8 Å². The summed E-state index contributed by atoms with van der Waals surface area (Å²) in [4.78, 5) is 16.5. The van der Waals surface area contributed by atoms with Gasteiger partial charge in [-0.25, -0.2) is 8.42 Å². The average molecular weight is 496 g/mol. The van der Waals surface area contributed by atoms with Gasteiger partial charge in [0.2, 0.25) is 19.4 Å². The fraction of sp³-hybridized carbons (Fsp3) is 0.158. The first-order chi connectivity index (χ1) is 14.5. The van der Waals surface area contributed by atoms with E-state index in [1.165, 1.54) is 0 Å². The molecule has 0 spiro atoms. The van der Waals surface area contributed by atoms with Crippen molar-refractivity contribution in [2.24, 2.45) is 10.1 Å². The van der Waals surface area contributed by atoms with Gasteiger partial charge in [-0.2, -0.15) is 10.0 Å². The predicted octanol–water partition coefficient (Wildman–Crippen LogP) is 4.02. The summed E-state index contributed by atoms with van der Waals surface area (Å²) in [6.07, 6.45) is 2.57. The van der Waals surface area contributed by atoms with E-state index in [-0.39, 0.29) is 21.0 Å². The molecule has 1 aromatic heterocycles. The molecule has 1 N–H and O–H groups in total. The van der Waals surface area contributed by atoms with Gasteiger partial charge in [0.15, 0.2) is 5.84 Å². The van der Waals surface area contributed by atoms with Crippen LogP contribution in [0.2, 0.25) is 10.0 Å². The SMILES string of the molecule is Cc1cc(/C=C2\C(=N)N3N=C(S(C)(=O)=O)SC3=NC2=O)c(C)n1-c1ccc(Cl)c(Cl)c1. The predicted molar refractivity (Wildman–Crippen MR) is 125 cm³/mol. The number of aryl methyl sites for hydroxylation is 1. The zero-order valence-electron chi connectivity index (χ0n) is 16.5. The van der Waals surface area contributed by atoms with Crippen molar-refractivity contribution in [3.63, 3.8) is 0 Å². The first kappa shape index (κ1) is 21.8. The Labute approximate surface area is 192 Å². The van der Waals surface area contributed by atoms with Crippen molar-refractivity contribution in [1.29, 1.82) is 5.41 Å². The number of amides is 1. The van der Waals surface area contributed by atoms with Gasteiger partial charge in [-0.3, -0.25) is 10.2 Å². The minimum Gasteiger partial charge on any atom is -0.318 e. The highest BCUT2D eigenvalue weighted by atomic mass is 35.5. The van der Waals surface area contributed by atoms with Crippen LogP contribution in [0, 0.1) is 19.3 Å². The van der Waals surface area contributed by atoms with Crippen molar-refractivity contribution < 1.29 is 13.2 Å². The molecule has 0 saturated heterocycles.